The van der Waals surface area contributed by atoms with E-state index < -0.39 is 0 Å². The predicted molar refractivity (Wildman–Crippen MR) is 96.3 cm³/mol. The van der Waals surface area contributed by atoms with Crippen molar-refractivity contribution in [3.8, 4) is 11.5 Å². The van der Waals surface area contributed by atoms with Gasteiger partial charge in [0.15, 0.2) is 11.5 Å². The highest BCUT2D eigenvalue weighted by Crippen LogP contribution is 2.28. The third-order valence-corrected chi connectivity index (χ3v) is 4.17. The Hall–Kier alpha value is -1.22. The molecule has 0 spiro atoms. The van der Waals surface area contributed by atoms with Crippen molar-refractivity contribution in [3.05, 3.63) is 23.8 Å². The second-order valence-corrected chi connectivity index (χ2v) is 6.17. The van der Waals surface area contributed by atoms with E-state index in [4.69, 9.17) is 14.6 Å². The lowest BCUT2D eigenvalue weighted by Crippen LogP contribution is -2.00. The topological polar surface area (TPSA) is 38.7 Å². The Morgan fingerprint density at radius 1 is 0.826 bits per heavy atom. The molecule has 1 N–H and O–H groups in total. The third kappa shape index (κ3) is 8.85. The van der Waals surface area contributed by atoms with E-state index in [1.807, 2.05) is 18.2 Å². The molecule has 0 saturated carbocycles. The van der Waals surface area contributed by atoms with Crippen LogP contribution in [-0.2, 0) is 6.61 Å². The number of rotatable bonds is 14. The van der Waals surface area contributed by atoms with Gasteiger partial charge in [0, 0.05) is 0 Å². The van der Waals surface area contributed by atoms with E-state index in [0.29, 0.717) is 5.75 Å². The number of benzene rings is 1. The zero-order valence-electron chi connectivity index (χ0n) is 15.0. The van der Waals surface area contributed by atoms with Crippen molar-refractivity contribution >= 4 is 0 Å². The number of hydrogen-bond acceptors (Lipinski definition) is 3. The summed E-state index contributed by atoms with van der Waals surface area (Å²) in [5, 5.41) is 9.13. The van der Waals surface area contributed by atoms with Crippen LogP contribution in [0.4, 0.5) is 0 Å². The molecule has 0 fully saturated rings. The van der Waals surface area contributed by atoms with Crippen molar-refractivity contribution in [3.63, 3.8) is 0 Å². The molecule has 0 aliphatic heterocycles. The molecule has 132 valence electrons. The van der Waals surface area contributed by atoms with Crippen LogP contribution in [0.15, 0.2) is 18.2 Å². The number of unbranched alkanes of at least 4 members (excludes halogenated alkanes) is 9. The lowest BCUT2D eigenvalue weighted by molar-refractivity contribution is 0.274. The highest BCUT2D eigenvalue weighted by atomic mass is 16.5. The molecule has 0 heterocycles. The van der Waals surface area contributed by atoms with Crippen LogP contribution in [-0.4, -0.2) is 18.8 Å². The van der Waals surface area contributed by atoms with Crippen LogP contribution in [0.2, 0.25) is 0 Å². The summed E-state index contributed by atoms with van der Waals surface area (Å²) < 4.78 is 11.1. The molecule has 0 atom stereocenters. The van der Waals surface area contributed by atoms with Crippen LogP contribution in [0, 0.1) is 0 Å². The lowest BCUT2D eigenvalue weighted by atomic mass is 10.1. The molecule has 0 aliphatic carbocycles. The molecule has 3 heteroatoms. The van der Waals surface area contributed by atoms with Gasteiger partial charge in [-0.15, -0.1) is 0 Å². The molecule has 1 aromatic rings. The van der Waals surface area contributed by atoms with Crippen molar-refractivity contribution in [1.29, 1.82) is 0 Å². The quantitative estimate of drug-likeness (QED) is 0.460. The van der Waals surface area contributed by atoms with E-state index in [9.17, 15) is 0 Å². The van der Waals surface area contributed by atoms with Gasteiger partial charge < -0.3 is 14.6 Å². The average molecular weight is 322 g/mol. The molecule has 0 saturated heterocycles. The van der Waals surface area contributed by atoms with Crippen molar-refractivity contribution < 1.29 is 14.6 Å². The molecule has 0 radical (unpaired) electrons. The summed E-state index contributed by atoms with van der Waals surface area (Å²) in [6.45, 7) is 3.01. The van der Waals surface area contributed by atoms with Gasteiger partial charge in [-0.2, -0.15) is 0 Å². The molecular formula is C20H34O3. The molecule has 0 bridgehead atoms. The van der Waals surface area contributed by atoms with Crippen LogP contribution < -0.4 is 9.47 Å². The first-order chi connectivity index (χ1) is 11.3. The molecule has 0 aliphatic rings. The molecule has 3 nitrogen and oxygen atoms in total. The fourth-order valence-electron chi connectivity index (χ4n) is 2.70. The number of aliphatic hydroxyl groups excluding tert-OH is 1. The Bertz CT molecular complexity index is 404. The second-order valence-electron chi connectivity index (χ2n) is 6.17. The van der Waals surface area contributed by atoms with Gasteiger partial charge in [-0.25, -0.2) is 0 Å². The van der Waals surface area contributed by atoms with Gasteiger partial charge in [0.2, 0.25) is 0 Å². The summed E-state index contributed by atoms with van der Waals surface area (Å²) >= 11 is 0. The first-order valence-electron chi connectivity index (χ1n) is 9.22. The molecule has 1 rings (SSSR count). The number of hydrogen-bond donors (Lipinski definition) is 1. The minimum atomic E-state index is 0.0229. The van der Waals surface area contributed by atoms with E-state index >= 15 is 0 Å². The minimum absolute atomic E-state index is 0.0229. The Morgan fingerprint density at radius 2 is 1.43 bits per heavy atom. The van der Waals surface area contributed by atoms with Crippen LogP contribution in [0.1, 0.15) is 76.7 Å². The summed E-state index contributed by atoms with van der Waals surface area (Å²) in [5.41, 5.74) is 0.841. The van der Waals surface area contributed by atoms with Crippen molar-refractivity contribution in [2.24, 2.45) is 0 Å². The first kappa shape index (κ1) is 19.8. The third-order valence-electron chi connectivity index (χ3n) is 4.17. The first-order valence-corrected chi connectivity index (χ1v) is 9.22. The van der Waals surface area contributed by atoms with Crippen LogP contribution in [0.3, 0.4) is 0 Å². The van der Waals surface area contributed by atoms with Gasteiger partial charge >= 0.3 is 0 Å². The van der Waals surface area contributed by atoms with E-state index in [2.05, 4.69) is 6.92 Å². The molecule has 0 unspecified atom stereocenters. The Balaban J connectivity index is 2.05. The van der Waals surface area contributed by atoms with Crippen LogP contribution >= 0.6 is 0 Å². The summed E-state index contributed by atoms with van der Waals surface area (Å²) in [7, 11) is 1.63. The number of ether oxygens (including phenoxy) is 2. The SMILES string of the molecule is CCCCCCCCCCCCOc1ccc(CO)cc1OC. The molecule has 23 heavy (non-hydrogen) atoms. The van der Waals surface area contributed by atoms with E-state index in [1.165, 1.54) is 57.8 Å². The van der Waals surface area contributed by atoms with E-state index in [-0.39, 0.29) is 6.61 Å². The Labute approximate surface area is 142 Å². The second kappa shape index (κ2) is 13.2. The Morgan fingerprint density at radius 3 is 2.00 bits per heavy atom. The largest absolute Gasteiger partial charge is 0.493 e. The van der Waals surface area contributed by atoms with Crippen molar-refractivity contribution in [1.82, 2.24) is 0 Å². The normalized spacial score (nSPS) is 10.7. The fraction of sp³-hybridized carbons (Fsp3) is 0.700. The smallest absolute Gasteiger partial charge is 0.161 e. The molecule has 0 aromatic heterocycles. The van der Waals surface area contributed by atoms with Gasteiger partial charge in [-0.05, 0) is 24.1 Å². The monoisotopic (exact) mass is 322 g/mol. The van der Waals surface area contributed by atoms with Gasteiger partial charge in [0.05, 0.1) is 20.3 Å². The van der Waals surface area contributed by atoms with Crippen molar-refractivity contribution in [2.75, 3.05) is 13.7 Å². The van der Waals surface area contributed by atoms with Gasteiger partial charge in [-0.3, -0.25) is 0 Å². The summed E-state index contributed by atoms with van der Waals surface area (Å²) in [5.74, 6) is 1.46. The maximum atomic E-state index is 9.13. The number of aliphatic hydroxyl groups is 1. The zero-order chi connectivity index (χ0) is 16.8. The number of methoxy groups -OCH3 is 1. The molecule has 1 aromatic carbocycles. The summed E-state index contributed by atoms with van der Waals surface area (Å²) in [4.78, 5) is 0. The van der Waals surface area contributed by atoms with Crippen LogP contribution in [0.25, 0.3) is 0 Å². The maximum Gasteiger partial charge on any atom is 0.161 e. The van der Waals surface area contributed by atoms with E-state index in [0.717, 1.165) is 24.3 Å². The van der Waals surface area contributed by atoms with Gasteiger partial charge in [-0.1, -0.05) is 70.8 Å². The highest BCUT2D eigenvalue weighted by molar-refractivity contribution is 5.42. The van der Waals surface area contributed by atoms with Crippen molar-refractivity contribution in [2.45, 2.75) is 77.7 Å². The summed E-state index contributed by atoms with van der Waals surface area (Å²) in [6.07, 6.45) is 13.3. The lowest BCUT2D eigenvalue weighted by Gasteiger charge is -2.11. The van der Waals surface area contributed by atoms with Gasteiger partial charge in [0.1, 0.15) is 0 Å². The minimum Gasteiger partial charge on any atom is -0.493 e. The zero-order valence-corrected chi connectivity index (χ0v) is 15.0. The van der Waals surface area contributed by atoms with E-state index in [1.54, 1.807) is 7.11 Å². The standard InChI is InChI=1S/C20H34O3/c1-3-4-5-6-7-8-9-10-11-12-15-23-19-14-13-18(17-21)16-20(19)22-2/h13-14,16,21H,3-12,15,17H2,1-2H3. The molecule has 0 amide bonds. The van der Waals surface area contributed by atoms with Gasteiger partial charge in [0.25, 0.3) is 0 Å². The molecular weight excluding hydrogens is 288 g/mol. The highest BCUT2D eigenvalue weighted by Gasteiger charge is 2.05. The Kier molecular flexibility index (Phi) is 11.4. The average Bonchev–Trinajstić information content (AvgIpc) is 2.59. The van der Waals surface area contributed by atoms with Crippen LogP contribution in [0.5, 0.6) is 11.5 Å². The summed E-state index contributed by atoms with van der Waals surface area (Å²) in [6, 6.07) is 5.57. The predicted octanol–water partition coefficient (Wildman–Crippen LogP) is 5.49. The fourth-order valence-corrected chi connectivity index (χ4v) is 2.70. The maximum absolute atomic E-state index is 9.13.